The average Bonchev–Trinajstić information content (AvgIpc) is 2.15. The number of halogens is 1. The van der Waals surface area contributed by atoms with Crippen LogP contribution in [-0.2, 0) is 17.6 Å². The summed E-state index contributed by atoms with van der Waals surface area (Å²) in [7, 11) is 0. The molecule has 0 bridgehead atoms. The molecule has 0 unspecified atom stereocenters. The van der Waals surface area contributed by atoms with Gasteiger partial charge in [-0.3, -0.25) is 4.79 Å². The number of carboxylic acids is 1. The summed E-state index contributed by atoms with van der Waals surface area (Å²) in [5.74, 6) is -0.777. The smallest absolute Gasteiger partial charge is 0.303 e. The largest absolute Gasteiger partial charge is 0.481 e. The quantitative estimate of drug-likeness (QED) is 0.833. The van der Waals surface area contributed by atoms with Crippen LogP contribution < -0.4 is 0 Å². The molecule has 2 nitrogen and oxygen atoms in total. The number of rotatable bonds is 4. The molecule has 0 aliphatic heterocycles. The zero-order valence-electron chi connectivity index (χ0n) is 8.09. The molecular formula is C11H13ClO2. The summed E-state index contributed by atoms with van der Waals surface area (Å²) < 4.78 is 0. The van der Waals surface area contributed by atoms with Gasteiger partial charge >= 0.3 is 5.97 Å². The predicted octanol–water partition coefficient (Wildman–Crippen LogP) is 2.92. The zero-order chi connectivity index (χ0) is 10.6. The average molecular weight is 213 g/mol. The molecule has 0 saturated carbocycles. The van der Waals surface area contributed by atoms with E-state index in [4.69, 9.17) is 16.7 Å². The zero-order valence-corrected chi connectivity index (χ0v) is 8.84. The Morgan fingerprint density at radius 1 is 1.50 bits per heavy atom. The third-order valence-electron chi connectivity index (χ3n) is 2.13. The van der Waals surface area contributed by atoms with E-state index in [1.165, 1.54) is 0 Å². The SMILES string of the molecule is CCc1ccc(CCC(=O)O)cc1Cl. The van der Waals surface area contributed by atoms with Crippen molar-refractivity contribution in [3.05, 3.63) is 34.3 Å². The minimum absolute atomic E-state index is 0.155. The number of carbonyl (C=O) groups is 1. The standard InChI is InChI=1S/C11H13ClO2/c1-2-9-5-3-8(7-10(9)12)4-6-11(13)14/h3,5,7H,2,4,6H2,1H3,(H,13,14). The lowest BCUT2D eigenvalue weighted by Crippen LogP contribution is -1.97. The molecule has 1 rings (SSSR count). The van der Waals surface area contributed by atoms with Crippen molar-refractivity contribution >= 4 is 17.6 Å². The highest BCUT2D eigenvalue weighted by Gasteiger charge is 2.02. The second-order valence-corrected chi connectivity index (χ2v) is 3.58. The Morgan fingerprint density at radius 2 is 2.21 bits per heavy atom. The third-order valence-corrected chi connectivity index (χ3v) is 2.48. The number of hydrogen-bond acceptors (Lipinski definition) is 1. The van der Waals surface area contributed by atoms with Crippen molar-refractivity contribution in [2.75, 3.05) is 0 Å². The second-order valence-electron chi connectivity index (χ2n) is 3.17. The van der Waals surface area contributed by atoms with E-state index in [0.717, 1.165) is 22.6 Å². The van der Waals surface area contributed by atoms with Crippen molar-refractivity contribution in [2.45, 2.75) is 26.2 Å². The van der Waals surface area contributed by atoms with Crippen molar-refractivity contribution in [1.82, 2.24) is 0 Å². The molecule has 0 aliphatic carbocycles. The lowest BCUT2D eigenvalue weighted by atomic mass is 10.1. The van der Waals surface area contributed by atoms with Gasteiger partial charge in [0.15, 0.2) is 0 Å². The van der Waals surface area contributed by atoms with Crippen LogP contribution >= 0.6 is 11.6 Å². The van der Waals surface area contributed by atoms with Crippen LogP contribution in [0.3, 0.4) is 0 Å². The minimum atomic E-state index is -0.777. The molecule has 14 heavy (non-hydrogen) atoms. The summed E-state index contributed by atoms with van der Waals surface area (Å²) >= 11 is 6.00. The molecule has 1 N–H and O–H groups in total. The lowest BCUT2D eigenvalue weighted by molar-refractivity contribution is -0.136. The first-order chi connectivity index (χ1) is 6.63. The van der Waals surface area contributed by atoms with Crippen LogP contribution in [0, 0.1) is 0 Å². The van der Waals surface area contributed by atoms with E-state index in [2.05, 4.69) is 0 Å². The maximum atomic E-state index is 10.3. The first-order valence-corrected chi connectivity index (χ1v) is 5.00. The van der Waals surface area contributed by atoms with Gasteiger partial charge < -0.3 is 5.11 Å². The van der Waals surface area contributed by atoms with Crippen molar-refractivity contribution in [2.24, 2.45) is 0 Å². The fraction of sp³-hybridized carbons (Fsp3) is 0.364. The van der Waals surface area contributed by atoms with Gasteiger partial charge in [0.05, 0.1) is 0 Å². The molecule has 0 saturated heterocycles. The highest BCUT2D eigenvalue weighted by molar-refractivity contribution is 6.31. The van der Waals surface area contributed by atoms with Crippen molar-refractivity contribution in [1.29, 1.82) is 0 Å². The van der Waals surface area contributed by atoms with Crippen LogP contribution in [0.1, 0.15) is 24.5 Å². The summed E-state index contributed by atoms with van der Waals surface area (Å²) in [6, 6.07) is 5.75. The molecular weight excluding hydrogens is 200 g/mol. The Bertz CT molecular complexity index is 334. The Hall–Kier alpha value is -1.02. The molecule has 0 fully saturated rings. The van der Waals surface area contributed by atoms with E-state index < -0.39 is 5.97 Å². The van der Waals surface area contributed by atoms with E-state index in [-0.39, 0.29) is 6.42 Å². The maximum Gasteiger partial charge on any atom is 0.303 e. The number of carboxylic acid groups (broad SMARTS) is 1. The fourth-order valence-corrected chi connectivity index (χ4v) is 1.62. The summed E-state index contributed by atoms with van der Waals surface area (Å²) in [6.45, 7) is 2.04. The molecule has 1 aromatic rings. The molecule has 0 aromatic heterocycles. The van der Waals surface area contributed by atoms with Gasteiger partial charge in [0.2, 0.25) is 0 Å². The van der Waals surface area contributed by atoms with Crippen LogP contribution in [0.15, 0.2) is 18.2 Å². The molecule has 0 spiro atoms. The minimum Gasteiger partial charge on any atom is -0.481 e. The first-order valence-electron chi connectivity index (χ1n) is 4.62. The van der Waals surface area contributed by atoms with Gasteiger partial charge in [-0.2, -0.15) is 0 Å². The Labute approximate surface area is 88.5 Å². The van der Waals surface area contributed by atoms with Gasteiger partial charge in [-0.15, -0.1) is 0 Å². The van der Waals surface area contributed by atoms with E-state index >= 15 is 0 Å². The van der Waals surface area contributed by atoms with E-state index in [1.54, 1.807) is 0 Å². The molecule has 1 aromatic carbocycles. The van der Waals surface area contributed by atoms with Gasteiger partial charge in [0, 0.05) is 11.4 Å². The van der Waals surface area contributed by atoms with Crippen LogP contribution in [-0.4, -0.2) is 11.1 Å². The lowest BCUT2D eigenvalue weighted by Gasteiger charge is -2.03. The summed E-state index contributed by atoms with van der Waals surface area (Å²) in [6.07, 6.45) is 1.60. The van der Waals surface area contributed by atoms with Crippen LogP contribution in [0.2, 0.25) is 5.02 Å². The summed E-state index contributed by atoms with van der Waals surface area (Å²) in [4.78, 5) is 10.3. The van der Waals surface area contributed by atoms with E-state index in [0.29, 0.717) is 6.42 Å². The summed E-state index contributed by atoms with van der Waals surface area (Å²) in [5.41, 5.74) is 2.08. The van der Waals surface area contributed by atoms with Crippen molar-refractivity contribution in [3.8, 4) is 0 Å². The van der Waals surface area contributed by atoms with Crippen LogP contribution in [0.5, 0.6) is 0 Å². The maximum absolute atomic E-state index is 10.3. The van der Waals surface area contributed by atoms with Crippen molar-refractivity contribution in [3.63, 3.8) is 0 Å². The number of hydrogen-bond donors (Lipinski definition) is 1. The molecule has 0 radical (unpaired) electrons. The Morgan fingerprint density at radius 3 is 2.71 bits per heavy atom. The van der Waals surface area contributed by atoms with Gasteiger partial charge in [-0.1, -0.05) is 30.7 Å². The molecule has 0 heterocycles. The van der Waals surface area contributed by atoms with E-state index in [1.807, 2.05) is 25.1 Å². The van der Waals surface area contributed by atoms with Gasteiger partial charge in [-0.05, 0) is 30.0 Å². The molecule has 0 amide bonds. The van der Waals surface area contributed by atoms with Gasteiger partial charge in [0.25, 0.3) is 0 Å². The Balaban J connectivity index is 2.71. The molecule has 0 aliphatic rings. The highest BCUT2D eigenvalue weighted by atomic mass is 35.5. The Kier molecular flexibility index (Phi) is 3.96. The number of benzene rings is 1. The topological polar surface area (TPSA) is 37.3 Å². The molecule has 3 heteroatoms. The molecule has 0 atom stereocenters. The van der Waals surface area contributed by atoms with Crippen molar-refractivity contribution < 1.29 is 9.90 Å². The third kappa shape index (κ3) is 3.04. The van der Waals surface area contributed by atoms with Crippen LogP contribution in [0.25, 0.3) is 0 Å². The van der Waals surface area contributed by atoms with Gasteiger partial charge in [0.1, 0.15) is 0 Å². The summed E-state index contributed by atoms with van der Waals surface area (Å²) in [5, 5.41) is 9.24. The number of aliphatic carboxylic acids is 1. The normalized spacial score (nSPS) is 10.1. The van der Waals surface area contributed by atoms with Crippen LogP contribution in [0.4, 0.5) is 0 Å². The predicted molar refractivity (Wildman–Crippen MR) is 56.8 cm³/mol. The number of aryl methyl sites for hydroxylation is 2. The monoisotopic (exact) mass is 212 g/mol. The molecule has 76 valence electrons. The fourth-order valence-electron chi connectivity index (χ4n) is 1.28. The first kappa shape index (κ1) is 11.1. The highest BCUT2D eigenvalue weighted by Crippen LogP contribution is 2.19. The van der Waals surface area contributed by atoms with E-state index in [9.17, 15) is 4.79 Å². The second kappa shape index (κ2) is 5.01. The van der Waals surface area contributed by atoms with Gasteiger partial charge in [-0.25, -0.2) is 0 Å².